The summed E-state index contributed by atoms with van der Waals surface area (Å²) in [5.41, 5.74) is 1.90. The highest BCUT2D eigenvalue weighted by molar-refractivity contribution is 7.55. The number of rotatable bonds is 13. The van der Waals surface area contributed by atoms with Gasteiger partial charge in [0, 0.05) is 18.7 Å². The molecule has 0 radical (unpaired) electrons. The number of nitrogens with one attached hydrogen (secondary N) is 3. The van der Waals surface area contributed by atoms with Crippen LogP contribution in [-0.4, -0.2) is 80.4 Å². The van der Waals surface area contributed by atoms with E-state index in [1.54, 1.807) is 56.3 Å². The first-order chi connectivity index (χ1) is 20.2. The van der Waals surface area contributed by atoms with Gasteiger partial charge in [-0.3, -0.25) is 23.7 Å². The number of morpholine rings is 1. The second-order valence-corrected chi connectivity index (χ2v) is 11.4. The molecule has 1 aliphatic rings. The summed E-state index contributed by atoms with van der Waals surface area (Å²) in [5, 5.41) is 7.50. The van der Waals surface area contributed by atoms with Crippen molar-refractivity contribution in [3.8, 4) is 0 Å². The van der Waals surface area contributed by atoms with Crippen molar-refractivity contribution >= 4 is 37.3 Å². The van der Waals surface area contributed by atoms with Gasteiger partial charge in [-0.15, -0.1) is 0 Å². The van der Waals surface area contributed by atoms with Crippen LogP contribution in [0.3, 0.4) is 0 Å². The Bertz CT molecular complexity index is 1300. The molecule has 4 amide bonds. The van der Waals surface area contributed by atoms with E-state index in [4.69, 9.17) is 13.8 Å². The molecule has 3 N–H and O–H groups in total. The quantitative estimate of drug-likeness (QED) is 0.234. The predicted molar refractivity (Wildman–Crippen MR) is 156 cm³/mol. The van der Waals surface area contributed by atoms with Crippen LogP contribution in [0, 0.1) is 6.92 Å². The summed E-state index contributed by atoms with van der Waals surface area (Å²) < 4.78 is 29.6. The molecule has 0 aromatic heterocycles. The minimum atomic E-state index is -4.12. The molecule has 1 fully saturated rings. The molecule has 12 nitrogen and oxygen atoms in total. The van der Waals surface area contributed by atoms with Crippen LogP contribution in [0.4, 0.5) is 0 Å². The van der Waals surface area contributed by atoms with Gasteiger partial charge in [-0.05, 0) is 44.5 Å². The number of aryl methyl sites for hydroxylation is 1. The molecule has 42 heavy (non-hydrogen) atoms. The zero-order valence-corrected chi connectivity index (χ0v) is 24.9. The van der Waals surface area contributed by atoms with Crippen molar-refractivity contribution in [2.75, 3.05) is 46.1 Å². The molecule has 2 aromatic rings. The second-order valence-electron chi connectivity index (χ2n) is 9.25. The molecular formula is C29H37N4O8P. The number of carbonyl (C=O) groups is 4. The Balaban J connectivity index is 1.77. The van der Waals surface area contributed by atoms with E-state index in [2.05, 4.69) is 16.0 Å². The van der Waals surface area contributed by atoms with Gasteiger partial charge >= 0.3 is 7.60 Å². The predicted octanol–water partition coefficient (Wildman–Crippen LogP) is 2.45. The standard InChI is InChI=1S/C29H37N4O8P/c1-4-40-42(38,41-5-2)28(29(37)33-15-17-39-18-16-33)32-25(34)20-30-27(36)24(19-22-13-11-21(3)12-14-22)31-26(35)23-9-7-6-8-10-23/h6-14,19,28H,4-5,15-18,20H2,1-3H3,(H,30,36)(H,31,35)(H,32,34)/b24-19-. The highest BCUT2D eigenvalue weighted by Gasteiger charge is 2.44. The number of ether oxygens (including phenoxy) is 1. The van der Waals surface area contributed by atoms with Crippen molar-refractivity contribution in [1.82, 2.24) is 20.9 Å². The lowest BCUT2D eigenvalue weighted by molar-refractivity contribution is -0.138. The molecule has 3 rings (SSSR count). The van der Waals surface area contributed by atoms with Crippen LogP contribution in [0.2, 0.25) is 0 Å². The zero-order valence-electron chi connectivity index (χ0n) is 24.0. The lowest BCUT2D eigenvalue weighted by Crippen LogP contribution is -2.53. The fraction of sp³-hybridized carbons (Fsp3) is 0.379. The molecule has 1 atom stereocenters. The summed E-state index contributed by atoms with van der Waals surface area (Å²) in [6.45, 7) is 5.55. The van der Waals surface area contributed by atoms with E-state index < -0.39 is 43.6 Å². The molecule has 2 aromatic carbocycles. The van der Waals surface area contributed by atoms with Crippen LogP contribution in [0.15, 0.2) is 60.3 Å². The minimum absolute atomic E-state index is 0.0228. The molecule has 0 bridgehead atoms. The fourth-order valence-electron chi connectivity index (χ4n) is 4.01. The largest absolute Gasteiger partial charge is 0.378 e. The van der Waals surface area contributed by atoms with Gasteiger partial charge in [-0.2, -0.15) is 0 Å². The Labute approximate surface area is 245 Å². The summed E-state index contributed by atoms with van der Waals surface area (Å²) in [7, 11) is -4.12. The number of benzene rings is 2. The van der Waals surface area contributed by atoms with Crippen molar-refractivity contribution in [1.29, 1.82) is 0 Å². The number of nitrogens with zero attached hydrogens (tertiary/aromatic N) is 1. The summed E-state index contributed by atoms with van der Waals surface area (Å²) in [6, 6.07) is 15.6. The van der Waals surface area contributed by atoms with E-state index in [-0.39, 0.29) is 32.0 Å². The Morgan fingerprint density at radius 3 is 2.19 bits per heavy atom. The molecule has 1 heterocycles. The number of hydrogen-bond acceptors (Lipinski definition) is 8. The number of carbonyl (C=O) groups excluding carboxylic acids is 4. The minimum Gasteiger partial charge on any atom is -0.378 e. The maximum atomic E-state index is 13.6. The van der Waals surface area contributed by atoms with Gasteiger partial charge in [-0.25, -0.2) is 0 Å². The first kappa shape index (κ1) is 32.7. The summed E-state index contributed by atoms with van der Waals surface area (Å²) >= 11 is 0. The second kappa shape index (κ2) is 16.0. The van der Waals surface area contributed by atoms with Gasteiger partial charge in [0.15, 0.2) is 0 Å². The van der Waals surface area contributed by atoms with Gasteiger partial charge < -0.3 is 34.6 Å². The molecule has 1 saturated heterocycles. The van der Waals surface area contributed by atoms with Crippen LogP contribution in [0.1, 0.15) is 35.3 Å². The van der Waals surface area contributed by atoms with E-state index in [1.807, 2.05) is 19.1 Å². The van der Waals surface area contributed by atoms with Gasteiger partial charge in [0.25, 0.3) is 17.7 Å². The highest BCUT2D eigenvalue weighted by atomic mass is 31.2. The third kappa shape index (κ3) is 9.35. The summed E-state index contributed by atoms with van der Waals surface area (Å²) in [6.07, 6.45) is 1.48. The molecule has 13 heteroatoms. The van der Waals surface area contributed by atoms with Crippen LogP contribution < -0.4 is 16.0 Å². The third-order valence-corrected chi connectivity index (χ3v) is 8.33. The van der Waals surface area contributed by atoms with Crippen LogP contribution in [0.5, 0.6) is 0 Å². The monoisotopic (exact) mass is 600 g/mol. The van der Waals surface area contributed by atoms with Crippen LogP contribution in [0.25, 0.3) is 6.08 Å². The van der Waals surface area contributed by atoms with Crippen molar-refractivity contribution in [3.05, 3.63) is 77.0 Å². The van der Waals surface area contributed by atoms with E-state index >= 15 is 0 Å². The third-order valence-electron chi connectivity index (χ3n) is 6.12. The Morgan fingerprint density at radius 1 is 0.976 bits per heavy atom. The maximum Gasteiger partial charge on any atom is 0.362 e. The molecule has 226 valence electrons. The molecule has 0 spiro atoms. The average molecular weight is 601 g/mol. The van der Waals surface area contributed by atoms with Gasteiger partial charge in [-0.1, -0.05) is 48.0 Å². The lowest BCUT2D eigenvalue weighted by atomic mass is 10.1. The Kier molecular flexibility index (Phi) is 12.4. The SMILES string of the molecule is CCOP(=O)(OCC)C(NC(=O)CNC(=O)/C(=C/c1ccc(C)cc1)NC(=O)c1ccccc1)C(=O)N1CCOCC1. The number of amides is 4. The van der Waals surface area contributed by atoms with E-state index in [0.29, 0.717) is 24.3 Å². The van der Waals surface area contributed by atoms with E-state index in [9.17, 15) is 23.7 Å². The smallest absolute Gasteiger partial charge is 0.362 e. The van der Waals surface area contributed by atoms with Crippen molar-refractivity contribution < 1.29 is 37.5 Å². The highest BCUT2D eigenvalue weighted by Crippen LogP contribution is 2.52. The van der Waals surface area contributed by atoms with Crippen molar-refractivity contribution in [2.45, 2.75) is 26.6 Å². The molecule has 1 unspecified atom stereocenters. The molecular weight excluding hydrogens is 563 g/mol. The maximum absolute atomic E-state index is 13.6. The van der Waals surface area contributed by atoms with Gasteiger partial charge in [0.1, 0.15) is 5.70 Å². The van der Waals surface area contributed by atoms with Gasteiger partial charge in [0.05, 0.1) is 33.0 Å². The zero-order chi connectivity index (χ0) is 30.5. The first-order valence-electron chi connectivity index (χ1n) is 13.6. The lowest BCUT2D eigenvalue weighted by Gasteiger charge is -2.33. The Morgan fingerprint density at radius 2 is 1.60 bits per heavy atom. The number of hydrogen-bond donors (Lipinski definition) is 3. The average Bonchev–Trinajstić information content (AvgIpc) is 3.00. The Hall–Kier alpha value is -3.83. The topological polar surface area (TPSA) is 152 Å². The van der Waals surface area contributed by atoms with Gasteiger partial charge in [0.2, 0.25) is 11.7 Å². The van der Waals surface area contributed by atoms with E-state index in [1.165, 1.54) is 11.0 Å². The molecule has 1 aliphatic heterocycles. The first-order valence-corrected chi connectivity index (χ1v) is 15.3. The fourth-order valence-corrected chi connectivity index (χ4v) is 5.84. The molecule has 0 aliphatic carbocycles. The van der Waals surface area contributed by atoms with Crippen molar-refractivity contribution in [2.24, 2.45) is 0 Å². The molecule has 0 saturated carbocycles. The van der Waals surface area contributed by atoms with Crippen LogP contribution in [-0.2, 0) is 32.7 Å². The summed E-state index contributed by atoms with van der Waals surface area (Å²) in [4.78, 5) is 53.8. The van der Waals surface area contributed by atoms with E-state index in [0.717, 1.165) is 5.56 Å². The summed E-state index contributed by atoms with van der Waals surface area (Å²) in [5.74, 6) is -4.33. The normalized spacial score (nSPS) is 14.5. The van der Waals surface area contributed by atoms with Crippen LogP contribution >= 0.6 is 7.60 Å². The van der Waals surface area contributed by atoms with Crippen molar-refractivity contribution in [3.63, 3.8) is 0 Å².